The molecule has 0 radical (unpaired) electrons. The third-order valence-electron chi connectivity index (χ3n) is 3.83. The van der Waals surface area contributed by atoms with Gasteiger partial charge in [-0.1, -0.05) is 33.9 Å². The molecule has 160 valence electrons. The first-order chi connectivity index (χ1) is 12.9. The Morgan fingerprint density at radius 2 is 1.61 bits per heavy atom. The van der Waals surface area contributed by atoms with Crippen molar-refractivity contribution in [3.63, 3.8) is 0 Å². The predicted octanol–water partition coefficient (Wildman–Crippen LogP) is 2.61. The number of carbonyl (C=O) groups is 3. The molecule has 0 aliphatic carbocycles. The van der Waals surface area contributed by atoms with Crippen LogP contribution in [0.4, 0.5) is 0 Å². The summed E-state index contributed by atoms with van der Waals surface area (Å²) in [6, 6.07) is 0. The molecule has 1 heterocycles. The van der Waals surface area contributed by atoms with E-state index < -0.39 is 11.9 Å². The van der Waals surface area contributed by atoms with E-state index in [1.165, 1.54) is 0 Å². The van der Waals surface area contributed by atoms with E-state index in [0.29, 0.717) is 43.2 Å². The monoisotopic (exact) mass is 398 g/mol. The van der Waals surface area contributed by atoms with Gasteiger partial charge in [-0.2, -0.15) is 11.0 Å². The van der Waals surface area contributed by atoms with Crippen molar-refractivity contribution in [3.05, 3.63) is 24.3 Å². The van der Waals surface area contributed by atoms with Gasteiger partial charge < -0.3 is 14.4 Å². The molecule has 0 spiro atoms. The second-order valence-electron chi connectivity index (χ2n) is 7.78. The van der Waals surface area contributed by atoms with Crippen molar-refractivity contribution in [3.8, 4) is 0 Å². The summed E-state index contributed by atoms with van der Waals surface area (Å²) in [5, 5.41) is 0. The average molecular weight is 399 g/mol. The van der Waals surface area contributed by atoms with Crippen LogP contribution in [0.1, 0.15) is 53.9 Å². The van der Waals surface area contributed by atoms with Gasteiger partial charge >= 0.3 is 17.9 Å². The van der Waals surface area contributed by atoms with Gasteiger partial charge in [0.05, 0.1) is 6.42 Å². The summed E-state index contributed by atoms with van der Waals surface area (Å²) < 4.78 is 4.29. The quantitative estimate of drug-likeness (QED) is 0.180. The van der Waals surface area contributed by atoms with Gasteiger partial charge in [0, 0.05) is 24.2 Å². The maximum absolute atomic E-state index is 11.2. The van der Waals surface area contributed by atoms with Gasteiger partial charge in [-0.05, 0) is 38.0 Å². The number of hydrogen-bond donors (Lipinski definition) is 2. The van der Waals surface area contributed by atoms with Gasteiger partial charge in [0.1, 0.15) is 6.61 Å². The molecule has 0 amide bonds. The van der Waals surface area contributed by atoms with Crippen LogP contribution >= 0.6 is 0 Å². The van der Waals surface area contributed by atoms with Crippen molar-refractivity contribution in [2.24, 2.45) is 11.3 Å². The van der Waals surface area contributed by atoms with Crippen LogP contribution in [0.2, 0.25) is 0 Å². The Labute approximate surface area is 167 Å². The number of rotatable bonds is 11. The molecule has 0 aromatic carbocycles. The fourth-order valence-electron chi connectivity index (χ4n) is 2.23. The third-order valence-corrected chi connectivity index (χ3v) is 3.83. The van der Waals surface area contributed by atoms with Gasteiger partial charge in [-0.3, -0.25) is 4.79 Å². The first kappa shape index (κ1) is 25.8. The minimum Gasteiger partial charge on any atom is -0.465 e. The molecule has 8 heteroatoms. The SMILES string of the molecule is C=C(C)C(=O)ONCCC(C)(C)CC(C)CNOC(=O)C(=C)C.O=C1CCO1. The highest BCUT2D eigenvalue weighted by Crippen LogP contribution is 2.28. The lowest BCUT2D eigenvalue weighted by Crippen LogP contribution is -2.30. The number of nitrogens with one attached hydrogen (secondary N) is 2. The Balaban J connectivity index is 0.00000125. The Morgan fingerprint density at radius 1 is 1.14 bits per heavy atom. The zero-order valence-electron chi connectivity index (χ0n) is 17.7. The predicted molar refractivity (Wildman–Crippen MR) is 106 cm³/mol. The van der Waals surface area contributed by atoms with Gasteiger partial charge in [0.15, 0.2) is 0 Å². The topological polar surface area (TPSA) is 103 Å². The molecule has 28 heavy (non-hydrogen) atoms. The van der Waals surface area contributed by atoms with E-state index in [2.05, 4.69) is 49.6 Å². The minimum absolute atomic E-state index is 0.0576. The molecule has 0 saturated carbocycles. The molecule has 0 aromatic heterocycles. The molecule has 1 rings (SSSR count). The maximum Gasteiger partial charge on any atom is 0.351 e. The summed E-state index contributed by atoms with van der Waals surface area (Å²) in [6.07, 6.45) is 2.40. The Hall–Kier alpha value is -2.19. The molecule has 8 nitrogen and oxygen atoms in total. The van der Waals surface area contributed by atoms with E-state index in [0.717, 1.165) is 12.8 Å². The summed E-state index contributed by atoms with van der Waals surface area (Å²) in [7, 11) is 0. The maximum atomic E-state index is 11.2. The van der Waals surface area contributed by atoms with Crippen LogP contribution in [0.3, 0.4) is 0 Å². The lowest BCUT2D eigenvalue weighted by Gasteiger charge is -2.28. The number of hydrogen-bond acceptors (Lipinski definition) is 8. The molecule has 2 N–H and O–H groups in total. The molecular formula is C20H34N2O6. The van der Waals surface area contributed by atoms with Crippen LogP contribution in [0, 0.1) is 11.3 Å². The Kier molecular flexibility index (Phi) is 12.0. The first-order valence-corrected chi connectivity index (χ1v) is 9.29. The largest absolute Gasteiger partial charge is 0.465 e. The normalized spacial score (nSPS) is 13.8. The lowest BCUT2D eigenvalue weighted by atomic mass is 9.80. The van der Waals surface area contributed by atoms with Gasteiger partial charge in [0.2, 0.25) is 0 Å². The van der Waals surface area contributed by atoms with E-state index in [-0.39, 0.29) is 11.4 Å². The molecule has 0 bridgehead atoms. The highest BCUT2D eigenvalue weighted by Gasteiger charge is 2.21. The third kappa shape index (κ3) is 13.1. The van der Waals surface area contributed by atoms with Crippen LogP contribution in [0.25, 0.3) is 0 Å². The number of ether oxygens (including phenoxy) is 1. The summed E-state index contributed by atoms with van der Waals surface area (Å²) in [5.41, 5.74) is 6.12. The van der Waals surface area contributed by atoms with Gasteiger partial charge in [-0.15, -0.1) is 0 Å². The van der Waals surface area contributed by atoms with E-state index in [4.69, 9.17) is 9.68 Å². The Bertz CT molecular complexity index is 565. The van der Waals surface area contributed by atoms with Gasteiger partial charge in [0.25, 0.3) is 0 Å². The molecular weight excluding hydrogens is 364 g/mol. The minimum atomic E-state index is -0.445. The smallest absolute Gasteiger partial charge is 0.351 e. The van der Waals surface area contributed by atoms with E-state index in [9.17, 15) is 14.4 Å². The molecule has 0 aromatic rings. The Morgan fingerprint density at radius 3 is 2.00 bits per heavy atom. The van der Waals surface area contributed by atoms with E-state index in [1.54, 1.807) is 13.8 Å². The fraction of sp³-hybridized carbons (Fsp3) is 0.650. The zero-order valence-corrected chi connectivity index (χ0v) is 17.7. The molecule has 1 aliphatic rings. The second kappa shape index (κ2) is 13.1. The van der Waals surface area contributed by atoms with Crippen molar-refractivity contribution in [2.75, 3.05) is 19.7 Å². The highest BCUT2D eigenvalue weighted by atomic mass is 16.7. The summed E-state index contributed by atoms with van der Waals surface area (Å²) in [5.74, 6) is -0.634. The highest BCUT2D eigenvalue weighted by molar-refractivity contribution is 5.87. The average Bonchev–Trinajstić information content (AvgIpc) is 2.56. The van der Waals surface area contributed by atoms with Crippen LogP contribution < -0.4 is 11.0 Å². The van der Waals surface area contributed by atoms with Crippen LogP contribution in [-0.2, 0) is 28.8 Å². The molecule has 1 atom stereocenters. The van der Waals surface area contributed by atoms with Crippen molar-refractivity contribution < 1.29 is 28.8 Å². The second-order valence-corrected chi connectivity index (χ2v) is 7.78. The molecule has 1 unspecified atom stereocenters. The fourth-order valence-corrected chi connectivity index (χ4v) is 2.23. The standard InChI is InChI=1S/C17H30N2O4.C3H4O2/c1-12(2)15(20)22-18-9-8-17(6,7)10-14(5)11-19-23-16(21)13(3)4;4-3-1-2-5-3/h14,18-19H,1,3,8-11H2,2,4-7H3;1-2H2. The molecule has 1 aliphatic heterocycles. The lowest BCUT2D eigenvalue weighted by molar-refractivity contribution is -0.157. The molecule has 1 saturated heterocycles. The van der Waals surface area contributed by atoms with Crippen molar-refractivity contribution >= 4 is 17.9 Å². The summed E-state index contributed by atoms with van der Waals surface area (Å²) in [6.45, 7) is 18.4. The van der Waals surface area contributed by atoms with Crippen LogP contribution in [-0.4, -0.2) is 37.6 Å². The summed E-state index contributed by atoms with van der Waals surface area (Å²) >= 11 is 0. The first-order valence-electron chi connectivity index (χ1n) is 9.29. The van der Waals surface area contributed by atoms with Crippen LogP contribution in [0.5, 0.6) is 0 Å². The van der Waals surface area contributed by atoms with Crippen molar-refractivity contribution in [1.29, 1.82) is 0 Å². The van der Waals surface area contributed by atoms with Gasteiger partial charge in [-0.25, -0.2) is 9.59 Å². The zero-order chi connectivity index (χ0) is 21.7. The van der Waals surface area contributed by atoms with Crippen molar-refractivity contribution in [1.82, 2.24) is 11.0 Å². The van der Waals surface area contributed by atoms with E-state index in [1.807, 2.05) is 0 Å². The number of cyclic esters (lactones) is 1. The number of hydroxylamine groups is 2. The van der Waals surface area contributed by atoms with Crippen LogP contribution in [0.15, 0.2) is 24.3 Å². The summed E-state index contributed by atoms with van der Waals surface area (Å²) in [4.78, 5) is 41.9. The van der Waals surface area contributed by atoms with Crippen molar-refractivity contribution in [2.45, 2.75) is 53.9 Å². The van der Waals surface area contributed by atoms with E-state index >= 15 is 0 Å². The number of esters is 1. The number of carbonyl (C=O) groups excluding carboxylic acids is 3. The molecule has 1 fully saturated rings.